The van der Waals surface area contributed by atoms with Gasteiger partial charge in [0, 0.05) is 11.4 Å². The first kappa shape index (κ1) is 8.81. The Hall–Kier alpha value is 0.230. The van der Waals surface area contributed by atoms with Crippen LogP contribution in [0.4, 0.5) is 0 Å². The molecule has 0 aliphatic carbocycles. The van der Waals surface area contributed by atoms with Crippen molar-refractivity contribution in [3.8, 4) is 0 Å². The Morgan fingerprint density at radius 1 is 1.42 bits per heavy atom. The largest absolute Gasteiger partial charge is 0.597 e. The molecule has 1 spiro atoms. The number of ether oxygens (including phenoxy) is 1. The van der Waals surface area contributed by atoms with Gasteiger partial charge in [-0.15, -0.1) is 4.31 Å². The molecule has 2 heterocycles. The molecule has 3 nitrogen and oxygen atoms in total. The highest BCUT2D eigenvalue weighted by molar-refractivity contribution is 7.90. The Balaban J connectivity index is 1.95. The van der Waals surface area contributed by atoms with Crippen LogP contribution in [0.3, 0.4) is 0 Å². The van der Waals surface area contributed by atoms with E-state index >= 15 is 0 Å². The van der Waals surface area contributed by atoms with E-state index < -0.39 is 11.4 Å². The van der Waals surface area contributed by atoms with E-state index in [2.05, 4.69) is 4.31 Å². The van der Waals surface area contributed by atoms with Crippen LogP contribution in [0.2, 0.25) is 0 Å². The van der Waals surface area contributed by atoms with E-state index in [1.165, 1.54) is 0 Å². The summed E-state index contributed by atoms with van der Waals surface area (Å²) in [4.78, 5) is 0. The first-order valence-electron chi connectivity index (χ1n) is 4.23. The molecule has 0 saturated carbocycles. The molecule has 2 saturated heterocycles. The van der Waals surface area contributed by atoms with Crippen LogP contribution in [0.15, 0.2) is 0 Å². The first-order valence-corrected chi connectivity index (χ1v) is 5.34. The quantitative estimate of drug-likeness (QED) is 0.446. The van der Waals surface area contributed by atoms with Crippen LogP contribution in [-0.4, -0.2) is 38.9 Å². The van der Waals surface area contributed by atoms with Gasteiger partial charge in [0.1, 0.15) is 10.3 Å². The molecule has 0 bridgehead atoms. The van der Waals surface area contributed by atoms with Crippen molar-refractivity contribution in [1.82, 2.24) is 4.31 Å². The van der Waals surface area contributed by atoms with Crippen LogP contribution in [0, 0.1) is 0 Å². The van der Waals surface area contributed by atoms with Gasteiger partial charge in [0.2, 0.25) is 0 Å². The summed E-state index contributed by atoms with van der Waals surface area (Å²) in [5.41, 5.74) is 0.179. The maximum absolute atomic E-state index is 11.8. The average Bonchev–Trinajstić information content (AvgIpc) is 2.55. The third-order valence-corrected chi connectivity index (χ3v) is 4.29. The zero-order valence-electron chi connectivity index (χ0n) is 7.79. The van der Waals surface area contributed by atoms with E-state index in [1.54, 1.807) is 0 Å². The summed E-state index contributed by atoms with van der Waals surface area (Å²) in [6, 6.07) is 0. The number of rotatable bonds is 1. The molecule has 0 aromatic heterocycles. The molecule has 0 N–H and O–H groups in total. The third-order valence-electron chi connectivity index (χ3n) is 2.33. The van der Waals surface area contributed by atoms with Gasteiger partial charge in [0.25, 0.3) is 0 Å². The molecule has 12 heavy (non-hydrogen) atoms. The Labute approximate surface area is 76.4 Å². The number of hydrogen-bond acceptors (Lipinski definition) is 3. The summed E-state index contributed by atoms with van der Waals surface area (Å²) >= 11 is -0.843. The van der Waals surface area contributed by atoms with Crippen molar-refractivity contribution in [3.63, 3.8) is 0 Å². The maximum atomic E-state index is 11.8. The van der Waals surface area contributed by atoms with Gasteiger partial charge < -0.3 is 9.29 Å². The molecule has 0 aromatic rings. The zero-order valence-corrected chi connectivity index (χ0v) is 8.61. The minimum Gasteiger partial charge on any atom is -0.597 e. The number of nitrogens with zero attached hydrogens (tertiary/aromatic N) is 1. The van der Waals surface area contributed by atoms with Gasteiger partial charge in [-0.1, -0.05) is 0 Å². The minimum absolute atomic E-state index is 0.126. The van der Waals surface area contributed by atoms with Crippen molar-refractivity contribution < 1.29 is 9.29 Å². The van der Waals surface area contributed by atoms with Gasteiger partial charge >= 0.3 is 0 Å². The summed E-state index contributed by atoms with van der Waals surface area (Å²) in [6.45, 7) is 8.53. The van der Waals surface area contributed by atoms with E-state index in [-0.39, 0.29) is 10.3 Å². The highest BCUT2D eigenvalue weighted by Gasteiger charge is 2.66. The SMILES string of the molecule is CC(C)(C)[S@@+]([O-])N1CC12COC2. The molecule has 70 valence electrons. The van der Waals surface area contributed by atoms with E-state index in [4.69, 9.17) is 4.74 Å². The van der Waals surface area contributed by atoms with Crippen LogP contribution in [0.1, 0.15) is 20.8 Å². The normalized spacial score (nSPS) is 34.5. The molecule has 2 atom stereocenters. The summed E-state index contributed by atoms with van der Waals surface area (Å²) < 4.78 is 18.9. The summed E-state index contributed by atoms with van der Waals surface area (Å²) in [6.07, 6.45) is 0. The molecule has 2 aliphatic rings. The van der Waals surface area contributed by atoms with Crippen LogP contribution >= 0.6 is 0 Å². The molecule has 2 rings (SSSR count). The fourth-order valence-electron chi connectivity index (χ4n) is 1.37. The maximum Gasteiger partial charge on any atom is 0.137 e. The van der Waals surface area contributed by atoms with Gasteiger partial charge in [-0.3, -0.25) is 0 Å². The minimum atomic E-state index is -0.843. The fourth-order valence-corrected chi connectivity index (χ4v) is 2.85. The van der Waals surface area contributed by atoms with Crippen LogP contribution in [0.5, 0.6) is 0 Å². The van der Waals surface area contributed by atoms with Crippen LogP contribution in [-0.2, 0) is 16.1 Å². The monoisotopic (exact) mass is 189 g/mol. The smallest absolute Gasteiger partial charge is 0.137 e. The van der Waals surface area contributed by atoms with E-state index in [9.17, 15) is 4.55 Å². The van der Waals surface area contributed by atoms with Gasteiger partial charge in [-0.05, 0) is 20.8 Å². The standard InChI is InChI=1S/C8H15NO2S/c1-7(2,3)12(10)9-4-8(9)5-11-6-8/h4-6H2,1-3H3/t9?,12-/m1/s1. The van der Waals surface area contributed by atoms with Crippen LogP contribution in [0.25, 0.3) is 0 Å². The molecule has 1 unspecified atom stereocenters. The van der Waals surface area contributed by atoms with Gasteiger partial charge in [0.15, 0.2) is 0 Å². The topological polar surface area (TPSA) is 35.3 Å². The van der Waals surface area contributed by atoms with Crippen molar-refractivity contribution in [1.29, 1.82) is 0 Å². The Morgan fingerprint density at radius 3 is 2.25 bits per heavy atom. The Kier molecular flexibility index (Phi) is 1.75. The second-order valence-corrected chi connectivity index (χ2v) is 6.78. The molecule has 0 amide bonds. The summed E-state index contributed by atoms with van der Waals surface area (Å²) in [7, 11) is 0. The fraction of sp³-hybridized carbons (Fsp3) is 1.00. The Bertz CT molecular complexity index is 198. The molecule has 0 aromatic carbocycles. The predicted molar refractivity (Wildman–Crippen MR) is 48.2 cm³/mol. The van der Waals surface area contributed by atoms with Gasteiger partial charge in [0.05, 0.1) is 19.8 Å². The third kappa shape index (κ3) is 1.18. The van der Waals surface area contributed by atoms with Gasteiger partial charge in [-0.2, -0.15) is 0 Å². The van der Waals surface area contributed by atoms with Crippen molar-refractivity contribution in [3.05, 3.63) is 0 Å². The lowest BCUT2D eigenvalue weighted by molar-refractivity contribution is -0.0187. The lowest BCUT2D eigenvalue weighted by Crippen LogP contribution is -2.46. The molecule has 4 heteroatoms. The van der Waals surface area contributed by atoms with Crippen molar-refractivity contribution >= 4 is 11.4 Å². The molecular formula is C8H15NO2S. The molecular weight excluding hydrogens is 174 g/mol. The van der Waals surface area contributed by atoms with Crippen molar-refractivity contribution in [2.24, 2.45) is 0 Å². The molecule has 2 aliphatic heterocycles. The average molecular weight is 189 g/mol. The lowest BCUT2D eigenvalue weighted by Gasteiger charge is -2.30. The summed E-state index contributed by atoms with van der Waals surface area (Å²) in [5, 5.41) is 0. The highest BCUT2D eigenvalue weighted by atomic mass is 32.2. The van der Waals surface area contributed by atoms with Gasteiger partial charge in [-0.25, -0.2) is 0 Å². The second kappa shape index (κ2) is 2.38. The van der Waals surface area contributed by atoms with E-state index in [1.807, 2.05) is 20.8 Å². The lowest BCUT2D eigenvalue weighted by atomic mass is 10.1. The second-order valence-electron chi connectivity index (χ2n) is 4.62. The highest BCUT2D eigenvalue weighted by Crippen LogP contribution is 2.44. The first-order chi connectivity index (χ1) is 5.46. The van der Waals surface area contributed by atoms with Crippen LogP contribution < -0.4 is 0 Å². The predicted octanol–water partition coefficient (Wildman–Crippen LogP) is 0.533. The van der Waals surface area contributed by atoms with Crippen molar-refractivity contribution in [2.45, 2.75) is 31.1 Å². The number of hydrogen-bond donors (Lipinski definition) is 0. The summed E-state index contributed by atoms with van der Waals surface area (Å²) in [5.74, 6) is 0. The Morgan fingerprint density at radius 2 is 2.00 bits per heavy atom. The van der Waals surface area contributed by atoms with Crippen molar-refractivity contribution in [2.75, 3.05) is 19.8 Å². The zero-order chi connectivity index (χ0) is 8.98. The van der Waals surface area contributed by atoms with E-state index in [0.29, 0.717) is 0 Å². The molecule has 0 radical (unpaired) electrons. The van der Waals surface area contributed by atoms with E-state index in [0.717, 1.165) is 19.8 Å². The molecule has 2 fully saturated rings.